The smallest absolute Gasteiger partial charge is 0.337 e. The third kappa shape index (κ3) is 3.67. The molecule has 8 heteroatoms. The summed E-state index contributed by atoms with van der Waals surface area (Å²) >= 11 is 7.71. The van der Waals surface area contributed by atoms with Gasteiger partial charge in [-0.25, -0.2) is 19.2 Å². The molecule has 0 aliphatic heterocycles. The van der Waals surface area contributed by atoms with Crippen molar-refractivity contribution in [3.05, 3.63) is 76.0 Å². The molecule has 4 aromatic rings. The second kappa shape index (κ2) is 7.53. The molecule has 0 radical (unpaired) electrons. The number of thiophene rings is 1. The topological polar surface area (TPSA) is 75.1 Å². The fourth-order valence-electron chi connectivity index (χ4n) is 2.79. The van der Waals surface area contributed by atoms with E-state index in [1.165, 1.54) is 23.5 Å². The molecule has 2 aromatic carbocycles. The van der Waals surface area contributed by atoms with Crippen molar-refractivity contribution in [3.8, 4) is 11.4 Å². The molecule has 0 amide bonds. The Kier molecular flexibility index (Phi) is 4.93. The van der Waals surface area contributed by atoms with Crippen LogP contribution in [0.25, 0.3) is 21.6 Å². The Morgan fingerprint density at radius 1 is 1.21 bits per heavy atom. The van der Waals surface area contributed by atoms with Crippen LogP contribution >= 0.6 is 22.9 Å². The molecule has 0 spiro atoms. The van der Waals surface area contributed by atoms with Crippen LogP contribution in [0.2, 0.25) is 5.02 Å². The van der Waals surface area contributed by atoms with Crippen LogP contribution in [0.5, 0.6) is 0 Å². The summed E-state index contributed by atoms with van der Waals surface area (Å²) in [5.41, 5.74) is 1.77. The van der Waals surface area contributed by atoms with Crippen molar-refractivity contribution in [2.24, 2.45) is 0 Å². The fourth-order valence-corrected chi connectivity index (χ4v) is 3.83. The summed E-state index contributed by atoms with van der Waals surface area (Å²) < 4.78 is 13.0. The van der Waals surface area contributed by atoms with E-state index in [9.17, 15) is 14.3 Å². The minimum Gasteiger partial charge on any atom is -0.478 e. The number of rotatable bonds is 5. The first-order valence-electron chi connectivity index (χ1n) is 8.27. The second-order valence-corrected chi connectivity index (χ2v) is 7.34. The molecule has 0 atom stereocenters. The zero-order valence-corrected chi connectivity index (χ0v) is 15.9. The third-order valence-corrected chi connectivity index (χ3v) is 5.28. The minimum atomic E-state index is -1.15. The van der Waals surface area contributed by atoms with Crippen LogP contribution in [0, 0.1) is 5.82 Å². The molecule has 0 saturated heterocycles. The zero-order valence-electron chi connectivity index (χ0n) is 14.3. The van der Waals surface area contributed by atoms with Crippen molar-refractivity contribution < 1.29 is 14.3 Å². The summed E-state index contributed by atoms with van der Waals surface area (Å²) in [6.07, 6.45) is 1.66. The minimum absolute atomic E-state index is 0.0510. The number of hydrogen-bond donors (Lipinski definition) is 2. The molecule has 2 heterocycles. The number of benzene rings is 2. The maximum atomic E-state index is 13.0. The molecular weight excluding hydrogens is 401 g/mol. The monoisotopic (exact) mass is 413 g/mol. The first-order valence-corrected chi connectivity index (χ1v) is 9.53. The molecule has 140 valence electrons. The van der Waals surface area contributed by atoms with Crippen LogP contribution in [0.4, 0.5) is 10.1 Å². The lowest BCUT2D eigenvalue weighted by Crippen LogP contribution is -2.06. The summed E-state index contributed by atoms with van der Waals surface area (Å²) in [6.45, 7) is 0.424. The summed E-state index contributed by atoms with van der Waals surface area (Å²) in [7, 11) is 0. The van der Waals surface area contributed by atoms with Gasteiger partial charge in [-0.2, -0.15) is 0 Å². The number of fused-ring (bicyclic) bond motifs is 1. The number of anilines is 1. The number of carboxylic acids is 1. The van der Waals surface area contributed by atoms with E-state index in [2.05, 4.69) is 15.3 Å². The summed E-state index contributed by atoms with van der Waals surface area (Å²) in [6, 6.07) is 11.2. The van der Waals surface area contributed by atoms with E-state index >= 15 is 0 Å². The van der Waals surface area contributed by atoms with Crippen molar-refractivity contribution >= 4 is 44.8 Å². The molecule has 2 aromatic heterocycles. The first kappa shape index (κ1) is 18.3. The van der Waals surface area contributed by atoms with Crippen LogP contribution in [0.3, 0.4) is 0 Å². The van der Waals surface area contributed by atoms with Gasteiger partial charge in [0.25, 0.3) is 0 Å². The second-order valence-electron chi connectivity index (χ2n) is 6.04. The zero-order chi connectivity index (χ0) is 19.7. The van der Waals surface area contributed by atoms with E-state index in [4.69, 9.17) is 11.6 Å². The predicted molar refractivity (Wildman–Crippen MR) is 109 cm³/mol. The maximum absolute atomic E-state index is 13.0. The Bertz CT molecular complexity index is 1180. The molecule has 0 bridgehead atoms. The number of nitrogens with one attached hydrogen (secondary N) is 1. The maximum Gasteiger partial charge on any atom is 0.337 e. The lowest BCUT2D eigenvalue weighted by molar-refractivity contribution is 0.0698. The van der Waals surface area contributed by atoms with Gasteiger partial charge in [0.15, 0.2) is 5.82 Å². The number of halogens is 2. The number of aromatic nitrogens is 2. The molecule has 0 saturated carbocycles. The van der Waals surface area contributed by atoms with Gasteiger partial charge in [0, 0.05) is 29.4 Å². The van der Waals surface area contributed by atoms with Gasteiger partial charge in [0.2, 0.25) is 0 Å². The van der Waals surface area contributed by atoms with Crippen LogP contribution in [0.15, 0.2) is 54.0 Å². The van der Waals surface area contributed by atoms with Crippen molar-refractivity contribution in [2.75, 3.05) is 5.32 Å². The van der Waals surface area contributed by atoms with Crippen LogP contribution < -0.4 is 5.32 Å². The Morgan fingerprint density at radius 2 is 2.00 bits per heavy atom. The van der Waals surface area contributed by atoms with Gasteiger partial charge in [0.05, 0.1) is 10.6 Å². The van der Waals surface area contributed by atoms with Gasteiger partial charge in [-0.05, 0) is 41.3 Å². The largest absolute Gasteiger partial charge is 0.478 e. The van der Waals surface area contributed by atoms with Gasteiger partial charge in [-0.1, -0.05) is 23.7 Å². The van der Waals surface area contributed by atoms with E-state index in [-0.39, 0.29) is 16.4 Å². The van der Waals surface area contributed by atoms with Gasteiger partial charge in [0.1, 0.15) is 10.6 Å². The van der Waals surface area contributed by atoms with E-state index in [1.54, 1.807) is 30.5 Å². The highest BCUT2D eigenvalue weighted by atomic mass is 35.5. The molecule has 0 fully saturated rings. The Morgan fingerprint density at radius 3 is 2.75 bits per heavy atom. The van der Waals surface area contributed by atoms with Gasteiger partial charge < -0.3 is 10.4 Å². The number of hydrogen-bond acceptors (Lipinski definition) is 5. The Hall–Kier alpha value is -3.03. The fraction of sp³-hybridized carbons (Fsp3) is 0.0500. The standard InChI is InChI=1S/C20H13ClFN3O2S/c21-16-8-14(23-9-11-1-3-13(22)4-2-11)7-15(17(16)20(26)27)18-24-10-12-5-6-28-19(12)25-18/h1-8,10,23H,9H2,(H,26,27). The number of aromatic carboxylic acids is 1. The van der Waals surface area contributed by atoms with E-state index < -0.39 is 5.97 Å². The molecule has 2 N–H and O–H groups in total. The Labute approximate surface area is 168 Å². The lowest BCUT2D eigenvalue weighted by Gasteiger charge is -2.12. The van der Waals surface area contributed by atoms with E-state index in [1.807, 2.05) is 11.4 Å². The lowest BCUT2D eigenvalue weighted by atomic mass is 10.1. The van der Waals surface area contributed by atoms with Crippen molar-refractivity contribution in [3.63, 3.8) is 0 Å². The number of carboxylic acid groups (broad SMARTS) is 1. The quantitative estimate of drug-likeness (QED) is 0.454. The normalized spacial score (nSPS) is 10.9. The van der Waals surface area contributed by atoms with Crippen molar-refractivity contribution in [1.29, 1.82) is 0 Å². The highest BCUT2D eigenvalue weighted by molar-refractivity contribution is 7.16. The van der Waals surface area contributed by atoms with Gasteiger partial charge >= 0.3 is 5.97 Å². The van der Waals surface area contributed by atoms with E-state index in [0.29, 0.717) is 23.6 Å². The molecule has 0 aliphatic carbocycles. The molecule has 0 unspecified atom stereocenters. The molecule has 5 nitrogen and oxygen atoms in total. The number of nitrogens with zero attached hydrogens (tertiary/aromatic N) is 2. The van der Waals surface area contributed by atoms with Crippen LogP contribution in [-0.4, -0.2) is 21.0 Å². The van der Waals surface area contributed by atoms with Crippen LogP contribution in [-0.2, 0) is 6.54 Å². The average Bonchev–Trinajstić information content (AvgIpc) is 3.14. The first-order chi connectivity index (χ1) is 13.5. The molecule has 0 aliphatic rings. The van der Waals surface area contributed by atoms with Gasteiger partial charge in [-0.15, -0.1) is 11.3 Å². The Balaban J connectivity index is 1.72. The third-order valence-electron chi connectivity index (χ3n) is 4.16. The van der Waals surface area contributed by atoms with E-state index in [0.717, 1.165) is 15.8 Å². The average molecular weight is 414 g/mol. The summed E-state index contributed by atoms with van der Waals surface area (Å²) in [5.74, 6) is -1.17. The highest BCUT2D eigenvalue weighted by Gasteiger charge is 2.20. The van der Waals surface area contributed by atoms with Crippen LogP contribution in [0.1, 0.15) is 15.9 Å². The molecular formula is C20H13ClFN3O2S. The predicted octanol–water partition coefficient (Wildman–Crippen LogP) is 5.46. The van der Waals surface area contributed by atoms with Gasteiger partial charge in [-0.3, -0.25) is 0 Å². The van der Waals surface area contributed by atoms with Crippen molar-refractivity contribution in [1.82, 2.24) is 9.97 Å². The molecule has 4 rings (SSSR count). The summed E-state index contributed by atoms with van der Waals surface area (Å²) in [4.78, 5) is 21.3. The summed E-state index contributed by atoms with van der Waals surface area (Å²) in [5, 5.41) is 15.7. The number of carbonyl (C=O) groups is 1. The molecule has 28 heavy (non-hydrogen) atoms. The highest BCUT2D eigenvalue weighted by Crippen LogP contribution is 2.32. The van der Waals surface area contributed by atoms with Crippen molar-refractivity contribution in [2.45, 2.75) is 6.54 Å². The SMILES string of the molecule is O=C(O)c1c(Cl)cc(NCc2ccc(F)cc2)cc1-c1ncc2ccsc2n1.